The average Bonchev–Trinajstić information content (AvgIpc) is 2.92. The predicted molar refractivity (Wildman–Crippen MR) is 86.1 cm³/mol. The molecule has 0 atom stereocenters. The second-order valence-corrected chi connectivity index (χ2v) is 7.21. The summed E-state index contributed by atoms with van der Waals surface area (Å²) in [4.78, 5) is 17.1. The molecule has 0 radical (unpaired) electrons. The van der Waals surface area contributed by atoms with E-state index in [1.54, 1.807) is 15.9 Å². The number of aromatic amines is 1. The minimum Gasteiger partial charge on any atom is -0.398 e. The minimum absolute atomic E-state index is 0.0326. The Morgan fingerprint density at radius 2 is 2.19 bits per heavy atom. The Morgan fingerprint density at radius 1 is 1.43 bits per heavy atom. The van der Waals surface area contributed by atoms with Crippen molar-refractivity contribution in [2.45, 2.75) is 36.9 Å². The van der Waals surface area contributed by atoms with Gasteiger partial charge in [0.2, 0.25) is 0 Å². The summed E-state index contributed by atoms with van der Waals surface area (Å²) >= 11 is 2.99. The number of anilines is 1. The van der Waals surface area contributed by atoms with Crippen LogP contribution in [0.4, 0.5) is 5.69 Å². The van der Waals surface area contributed by atoms with Crippen molar-refractivity contribution in [2.24, 2.45) is 0 Å². The predicted octanol–water partition coefficient (Wildman–Crippen LogP) is 2.80. The van der Waals surface area contributed by atoms with Gasteiger partial charge in [0.1, 0.15) is 0 Å². The molecule has 3 aromatic rings. The average molecular weight is 321 g/mol. The smallest absolute Gasteiger partial charge is 0.344 e. The van der Waals surface area contributed by atoms with Gasteiger partial charge in [0.25, 0.3) is 0 Å². The normalized spacial score (nSPS) is 11.6. The second-order valence-electron chi connectivity index (χ2n) is 4.97. The van der Waals surface area contributed by atoms with Gasteiger partial charge in [-0.3, -0.25) is 4.57 Å². The van der Waals surface area contributed by atoms with Gasteiger partial charge in [0, 0.05) is 16.6 Å². The molecule has 0 spiro atoms. The maximum Gasteiger partial charge on any atom is 0.344 e. The lowest BCUT2D eigenvalue weighted by molar-refractivity contribution is 0.534. The van der Waals surface area contributed by atoms with E-state index in [9.17, 15) is 4.79 Å². The number of hydrogen-bond acceptors (Lipinski definition) is 6. The monoisotopic (exact) mass is 321 g/mol. The van der Waals surface area contributed by atoms with Gasteiger partial charge >= 0.3 is 5.69 Å². The van der Waals surface area contributed by atoms with Gasteiger partial charge in [-0.2, -0.15) is 0 Å². The number of aromatic nitrogens is 4. The molecule has 3 N–H and O–H groups in total. The summed E-state index contributed by atoms with van der Waals surface area (Å²) in [5.41, 5.74) is 7.49. The number of nitrogens with two attached hydrogens (primary N) is 1. The number of hydrogen-bond donors (Lipinski definition) is 2. The number of aryl methyl sites for hydroxylation is 1. The summed E-state index contributed by atoms with van der Waals surface area (Å²) in [6, 6.07) is 3.90. The Morgan fingerprint density at radius 3 is 2.90 bits per heavy atom. The highest BCUT2D eigenvalue weighted by atomic mass is 32.2. The number of thiazole rings is 1. The molecular weight excluding hydrogens is 306 g/mol. The molecule has 110 valence electrons. The van der Waals surface area contributed by atoms with Crippen LogP contribution in [-0.2, 0) is 0 Å². The molecule has 0 aliphatic rings. The fraction of sp³-hybridized carbons (Fsp3) is 0.308. The summed E-state index contributed by atoms with van der Waals surface area (Å²) in [6.45, 7) is 5.85. The third kappa shape index (κ3) is 2.56. The van der Waals surface area contributed by atoms with E-state index in [1.165, 1.54) is 11.8 Å². The first kappa shape index (κ1) is 14.2. The molecule has 0 aliphatic heterocycles. The summed E-state index contributed by atoms with van der Waals surface area (Å²) in [6.07, 6.45) is 0. The molecular formula is C13H15N5OS2. The number of rotatable bonds is 3. The van der Waals surface area contributed by atoms with Gasteiger partial charge in [-0.15, -0.1) is 16.4 Å². The van der Waals surface area contributed by atoms with Crippen LogP contribution in [0.3, 0.4) is 0 Å². The van der Waals surface area contributed by atoms with Crippen LogP contribution in [0.1, 0.15) is 24.9 Å². The van der Waals surface area contributed by atoms with Crippen LogP contribution in [0.2, 0.25) is 0 Å². The Balaban J connectivity index is 2.05. The number of nitrogens with one attached hydrogen (secondary N) is 1. The molecule has 0 saturated carbocycles. The van der Waals surface area contributed by atoms with Crippen molar-refractivity contribution >= 4 is 39.0 Å². The fourth-order valence-corrected chi connectivity index (χ4v) is 3.97. The molecule has 3 rings (SSSR count). The minimum atomic E-state index is -0.211. The van der Waals surface area contributed by atoms with Crippen molar-refractivity contribution in [1.29, 1.82) is 0 Å². The molecule has 0 bridgehead atoms. The summed E-state index contributed by atoms with van der Waals surface area (Å²) in [5.74, 6) is 0. The van der Waals surface area contributed by atoms with Crippen molar-refractivity contribution in [3.05, 3.63) is 27.6 Å². The lowest BCUT2D eigenvalue weighted by atomic mass is 10.3. The van der Waals surface area contributed by atoms with Crippen LogP contribution in [-0.4, -0.2) is 19.7 Å². The molecule has 2 aromatic heterocycles. The van der Waals surface area contributed by atoms with Crippen LogP contribution in [0.5, 0.6) is 0 Å². The van der Waals surface area contributed by atoms with Crippen molar-refractivity contribution in [2.75, 3.05) is 5.73 Å². The van der Waals surface area contributed by atoms with Crippen molar-refractivity contribution < 1.29 is 0 Å². The van der Waals surface area contributed by atoms with Gasteiger partial charge in [-0.05, 0) is 44.7 Å². The number of nitrogen functional groups attached to an aromatic ring is 1. The number of benzene rings is 1. The van der Waals surface area contributed by atoms with Gasteiger partial charge < -0.3 is 5.73 Å². The third-order valence-electron chi connectivity index (χ3n) is 3.02. The van der Waals surface area contributed by atoms with E-state index in [4.69, 9.17) is 5.73 Å². The number of nitrogens with zero attached hydrogens (tertiary/aromatic N) is 3. The summed E-state index contributed by atoms with van der Waals surface area (Å²) in [7, 11) is 0. The Labute approximate surface area is 129 Å². The van der Waals surface area contributed by atoms with Gasteiger partial charge in [0.05, 0.1) is 15.2 Å². The third-order valence-corrected chi connectivity index (χ3v) is 4.99. The largest absolute Gasteiger partial charge is 0.398 e. The topological polar surface area (TPSA) is 89.6 Å². The molecule has 0 unspecified atom stereocenters. The van der Waals surface area contributed by atoms with Crippen LogP contribution in [0, 0.1) is 6.92 Å². The lowest BCUT2D eigenvalue weighted by Crippen LogP contribution is -2.19. The molecule has 2 heterocycles. The number of fused-ring (bicyclic) bond motifs is 1. The summed E-state index contributed by atoms with van der Waals surface area (Å²) in [5, 5.41) is 8.17. The molecule has 8 heteroatoms. The zero-order chi connectivity index (χ0) is 15.1. The Bertz CT molecular complexity index is 861. The van der Waals surface area contributed by atoms with E-state index >= 15 is 0 Å². The van der Waals surface area contributed by atoms with E-state index in [0.29, 0.717) is 10.8 Å². The van der Waals surface area contributed by atoms with E-state index in [1.807, 2.05) is 32.9 Å². The van der Waals surface area contributed by atoms with Gasteiger partial charge in [-0.1, -0.05) is 0 Å². The Hall–Kier alpha value is -1.80. The zero-order valence-corrected chi connectivity index (χ0v) is 13.5. The van der Waals surface area contributed by atoms with Crippen LogP contribution >= 0.6 is 23.1 Å². The van der Waals surface area contributed by atoms with Crippen LogP contribution < -0.4 is 11.4 Å². The molecule has 0 fully saturated rings. The summed E-state index contributed by atoms with van der Waals surface area (Å²) < 4.78 is 2.68. The highest BCUT2D eigenvalue weighted by molar-refractivity contribution is 7.99. The maximum absolute atomic E-state index is 11.8. The molecule has 0 aliphatic carbocycles. The van der Waals surface area contributed by atoms with Crippen molar-refractivity contribution in [3.8, 4) is 0 Å². The fourth-order valence-electron chi connectivity index (χ4n) is 2.09. The standard InChI is InChI=1S/C13H15N5OS2/c1-6(2)18-12(19)16-17-13(18)21-10-5-9-11(4-8(10)14)20-7(3)15-9/h4-6H,14H2,1-3H3,(H,16,19). The van der Waals surface area contributed by atoms with Gasteiger partial charge in [0.15, 0.2) is 5.16 Å². The molecule has 0 saturated heterocycles. The number of H-pyrrole nitrogens is 1. The van der Waals surface area contributed by atoms with Crippen LogP contribution in [0.15, 0.2) is 27.0 Å². The highest BCUT2D eigenvalue weighted by Crippen LogP contribution is 2.35. The van der Waals surface area contributed by atoms with E-state index in [-0.39, 0.29) is 11.7 Å². The van der Waals surface area contributed by atoms with Crippen LogP contribution in [0.25, 0.3) is 10.2 Å². The first-order chi connectivity index (χ1) is 9.95. The van der Waals surface area contributed by atoms with Crippen molar-refractivity contribution in [3.63, 3.8) is 0 Å². The quantitative estimate of drug-likeness (QED) is 0.724. The van der Waals surface area contributed by atoms with E-state index in [0.717, 1.165) is 20.1 Å². The van der Waals surface area contributed by atoms with E-state index < -0.39 is 0 Å². The SMILES string of the molecule is Cc1nc2cc(Sc3n[nH]c(=O)n3C(C)C)c(N)cc2s1. The maximum atomic E-state index is 11.8. The first-order valence-electron chi connectivity index (χ1n) is 6.47. The molecule has 1 aromatic carbocycles. The molecule has 21 heavy (non-hydrogen) atoms. The first-order valence-corrected chi connectivity index (χ1v) is 8.10. The highest BCUT2D eigenvalue weighted by Gasteiger charge is 2.15. The zero-order valence-electron chi connectivity index (χ0n) is 11.9. The van der Waals surface area contributed by atoms with Gasteiger partial charge in [-0.25, -0.2) is 14.9 Å². The second kappa shape index (κ2) is 5.19. The Kier molecular flexibility index (Phi) is 3.50. The lowest BCUT2D eigenvalue weighted by Gasteiger charge is -2.09. The van der Waals surface area contributed by atoms with E-state index in [2.05, 4.69) is 15.2 Å². The molecule has 6 nitrogen and oxygen atoms in total. The van der Waals surface area contributed by atoms with Crippen molar-refractivity contribution in [1.82, 2.24) is 19.7 Å². The molecule has 0 amide bonds.